The molecule has 0 aliphatic carbocycles. The van der Waals surface area contributed by atoms with Gasteiger partial charge in [-0.25, -0.2) is 4.79 Å². The SMILES string of the molecule is CCc1ccc(C(=O)Nc2scc(-c3ccc(Cl)cc3)c2C(=O)O)cc1. The van der Waals surface area contributed by atoms with Gasteiger partial charge < -0.3 is 10.4 Å². The molecule has 0 aliphatic heterocycles. The number of thiophene rings is 1. The van der Waals surface area contributed by atoms with Gasteiger partial charge in [-0.15, -0.1) is 11.3 Å². The largest absolute Gasteiger partial charge is 0.478 e. The fraction of sp³-hybridized carbons (Fsp3) is 0.100. The lowest BCUT2D eigenvalue weighted by Crippen LogP contribution is -2.13. The highest BCUT2D eigenvalue weighted by Crippen LogP contribution is 2.36. The van der Waals surface area contributed by atoms with E-state index in [9.17, 15) is 14.7 Å². The van der Waals surface area contributed by atoms with Gasteiger partial charge in [0.15, 0.2) is 0 Å². The predicted octanol–water partition coefficient (Wildman–Crippen LogP) is 5.58. The molecule has 0 saturated carbocycles. The van der Waals surface area contributed by atoms with Crippen molar-refractivity contribution < 1.29 is 14.7 Å². The molecule has 0 saturated heterocycles. The van der Waals surface area contributed by atoms with E-state index >= 15 is 0 Å². The highest BCUT2D eigenvalue weighted by Gasteiger charge is 2.21. The lowest BCUT2D eigenvalue weighted by molar-refractivity contribution is 0.0699. The number of anilines is 1. The summed E-state index contributed by atoms with van der Waals surface area (Å²) in [6, 6.07) is 14.2. The number of halogens is 1. The maximum Gasteiger partial charge on any atom is 0.339 e. The molecule has 1 aromatic heterocycles. The minimum absolute atomic E-state index is 0.0795. The van der Waals surface area contributed by atoms with Crippen LogP contribution in [0.25, 0.3) is 11.1 Å². The van der Waals surface area contributed by atoms with Crippen LogP contribution in [0.1, 0.15) is 33.2 Å². The molecule has 3 aromatic rings. The van der Waals surface area contributed by atoms with E-state index in [1.54, 1.807) is 41.8 Å². The van der Waals surface area contributed by atoms with Crippen LogP contribution in [0.5, 0.6) is 0 Å². The Bertz CT molecular complexity index is 946. The van der Waals surface area contributed by atoms with Crippen LogP contribution >= 0.6 is 22.9 Å². The number of aryl methyl sites for hydroxylation is 1. The van der Waals surface area contributed by atoms with Crippen molar-refractivity contribution in [2.75, 3.05) is 5.32 Å². The molecule has 1 heterocycles. The van der Waals surface area contributed by atoms with E-state index in [4.69, 9.17) is 11.6 Å². The van der Waals surface area contributed by atoms with E-state index < -0.39 is 5.97 Å². The highest BCUT2D eigenvalue weighted by atomic mass is 35.5. The molecule has 0 atom stereocenters. The zero-order valence-corrected chi connectivity index (χ0v) is 15.5. The average molecular weight is 386 g/mol. The molecular formula is C20H16ClNO3S. The molecule has 0 aliphatic rings. The number of benzene rings is 2. The van der Waals surface area contributed by atoms with Crippen molar-refractivity contribution in [1.82, 2.24) is 0 Å². The molecule has 132 valence electrons. The summed E-state index contributed by atoms with van der Waals surface area (Å²) in [4.78, 5) is 24.2. The van der Waals surface area contributed by atoms with Crippen molar-refractivity contribution in [2.24, 2.45) is 0 Å². The van der Waals surface area contributed by atoms with Crippen molar-refractivity contribution in [3.8, 4) is 11.1 Å². The number of amides is 1. The van der Waals surface area contributed by atoms with Crippen LogP contribution in [0.3, 0.4) is 0 Å². The first kappa shape index (κ1) is 18.2. The molecular weight excluding hydrogens is 370 g/mol. The van der Waals surface area contributed by atoms with Crippen LogP contribution in [0.15, 0.2) is 53.9 Å². The zero-order chi connectivity index (χ0) is 18.7. The second kappa shape index (κ2) is 7.72. The Morgan fingerprint density at radius 2 is 1.73 bits per heavy atom. The monoisotopic (exact) mass is 385 g/mol. The van der Waals surface area contributed by atoms with Crippen LogP contribution in [0, 0.1) is 0 Å². The summed E-state index contributed by atoms with van der Waals surface area (Å²) in [6.07, 6.45) is 0.889. The van der Waals surface area contributed by atoms with Gasteiger partial charge in [0.1, 0.15) is 10.6 Å². The number of carboxylic acid groups (broad SMARTS) is 1. The first-order valence-electron chi connectivity index (χ1n) is 8.00. The summed E-state index contributed by atoms with van der Waals surface area (Å²) < 4.78 is 0. The van der Waals surface area contributed by atoms with Gasteiger partial charge in [-0.05, 0) is 41.8 Å². The van der Waals surface area contributed by atoms with Crippen LogP contribution in [-0.2, 0) is 6.42 Å². The van der Waals surface area contributed by atoms with E-state index in [1.165, 1.54) is 11.3 Å². The Balaban J connectivity index is 1.91. The fourth-order valence-electron chi connectivity index (χ4n) is 2.57. The molecule has 0 fully saturated rings. The molecule has 4 nitrogen and oxygen atoms in total. The van der Waals surface area contributed by atoms with Gasteiger partial charge in [0.25, 0.3) is 5.91 Å². The van der Waals surface area contributed by atoms with Crippen molar-refractivity contribution in [3.63, 3.8) is 0 Å². The van der Waals surface area contributed by atoms with E-state index in [2.05, 4.69) is 5.32 Å². The number of carboxylic acids is 1. The van der Waals surface area contributed by atoms with Gasteiger partial charge in [0.05, 0.1) is 0 Å². The lowest BCUT2D eigenvalue weighted by atomic mass is 10.0. The Morgan fingerprint density at radius 1 is 1.08 bits per heavy atom. The van der Waals surface area contributed by atoms with E-state index in [1.807, 2.05) is 19.1 Å². The standard InChI is InChI=1S/C20H16ClNO3S/c1-2-12-3-5-14(6-4-12)18(23)22-19-17(20(24)25)16(11-26-19)13-7-9-15(21)10-8-13/h3-11H,2H2,1H3,(H,22,23)(H,24,25). The van der Waals surface area contributed by atoms with Crippen molar-refractivity contribution >= 4 is 39.8 Å². The average Bonchev–Trinajstić information content (AvgIpc) is 3.06. The second-order valence-electron chi connectivity index (χ2n) is 5.67. The van der Waals surface area contributed by atoms with Crippen LogP contribution in [0.4, 0.5) is 5.00 Å². The smallest absolute Gasteiger partial charge is 0.339 e. The maximum atomic E-state index is 12.5. The summed E-state index contributed by atoms with van der Waals surface area (Å²) in [5.41, 5.74) is 2.98. The summed E-state index contributed by atoms with van der Waals surface area (Å²) in [7, 11) is 0. The van der Waals surface area contributed by atoms with Crippen molar-refractivity contribution in [1.29, 1.82) is 0 Å². The Morgan fingerprint density at radius 3 is 2.31 bits per heavy atom. The summed E-state index contributed by atoms with van der Waals surface area (Å²) in [5.74, 6) is -1.42. The lowest BCUT2D eigenvalue weighted by Gasteiger charge is -2.07. The predicted molar refractivity (Wildman–Crippen MR) is 105 cm³/mol. The Labute approximate surface area is 160 Å². The Hall–Kier alpha value is -2.63. The van der Waals surface area contributed by atoms with Crippen molar-refractivity contribution in [3.05, 3.63) is 75.6 Å². The maximum absolute atomic E-state index is 12.5. The third-order valence-electron chi connectivity index (χ3n) is 4.01. The second-order valence-corrected chi connectivity index (χ2v) is 6.99. The minimum Gasteiger partial charge on any atom is -0.478 e. The van der Waals surface area contributed by atoms with E-state index in [0.29, 0.717) is 21.2 Å². The number of nitrogens with one attached hydrogen (secondary N) is 1. The summed E-state index contributed by atoms with van der Waals surface area (Å²) in [5, 5.41) is 15.0. The van der Waals surface area contributed by atoms with Crippen molar-refractivity contribution in [2.45, 2.75) is 13.3 Å². The number of hydrogen-bond acceptors (Lipinski definition) is 3. The van der Waals surface area contributed by atoms with Crippen LogP contribution in [-0.4, -0.2) is 17.0 Å². The van der Waals surface area contributed by atoms with Crippen LogP contribution < -0.4 is 5.32 Å². The van der Waals surface area contributed by atoms with Gasteiger partial charge in [-0.3, -0.25) is 4.79 Å². The van der Waals surface area contributed by atoms with Gasteiger partial charge in [0.2, 0.25) is 0 Å². The third-order valence-corrected chi connectivity index (χ3v) is 5.16. The molecule has 3 rings (SSSR count). The molecule has 6 heteroatoms. The van der Waals surface area contributed by atoms with Gasteiger partial charge in [-0.1, -0.05) is 42.8 Å². The highest BCUT2D eigenvalue weighted by molar-refractivity contribution is 7.15. The first-order chi connectivity index (χ1) is 12.5. The van der Waals surface area contributed by atoms with Gasteiger partial charge in [-0.2, -0.15) is 0 Å². The normalized spacial score (nSPS) is 10.5. The number of rotatable bonds is 5. The fourth-order valence-corrected chi connectivity index (χ4v) is 3.65. The molecule has 0 unspecified atom stereocenters. The number of carbonyl (C=O) groups excluding carboxylic acids is 1. The van der Waals surface area contributed by atoms with Gasteiger partial charge in [0, 0.05) is 21.5 Å². The number of aromatic carboxylic acids is 1. The number of hydrogen-bond donors (Lipinski definition) is 2. The molecule has 26 heavy (non-hydrogen) atoms. The number of carbonyl (C=O) groups is 2. The third kappa shape index (κ3) is 3.79. The molecule has 2 N–H and O–H groups in total. The molecule has 0 bridgehead atoms. The quantitative estimate of drug-likeness (QED) is 0.602. The zero-order valence-electron chi connectivity index (χ0n) is 14.0. The summed E-state index contributed by atoms with van der Waals surface area (Å²) >= 11 is 7.08. The molecule has 0 spiro atoms. The van der Waals surface area contributed by atoms with Gasteiger partial charge >= 0.3 is 5.97 Å². The molecule has 0 radical (unpaired) electrons. The Kier molecular flexibility index (Phi) is 5.40. The molecule has 1 amide bonds. The van der Waals surface area contributed by atoms with Crippen LogP contribution in [0.2, 0.25) is 5.02 Å². The topological polar surface area (TPSA) is 66.4 Å². The molecule has 2 aromatic carbocycles. The first-order valence-corrected chi connectivity index (χ1v) is 9.26. The minimum atomic E-state index is -1.09. The van der Waals surface area contributed by atoms with E-state index in [-0.39, 0.29) is 11.5 Å². The van der Waals surface area contributed by atoms with E-state index in [0.717, 1.165) is 17.5 Å². The summed E-state index contributed by atoms with van der Waals surface area (Å²) in [6.45, 7) is 2.04.